The number of fused-ring (bicyclic) bond motifs is 1. The molecule has 1 unspecified atom stereocenters. The minimum Gasteiger partial charge on any atom is -0.504 e. The van der Waals surface area contributed by atoms with E-state index >= 15 is 0 Å². The zero-order valence-corrected chi connectivity index (χ0v) is 18.5. The molecule has 3 aliphatic rings. The Labute approximate surface area is 178 Å². The maximum Gasteiger partial charge on any atom is 0.161 e. The van der Waals surface area contributed by atoms with Crippen LogP contribution in [0.4, 0.5) is 0 Å². The van der Waals surface area contributed by atoms with Crippen molar-refractivity contribution in [3.05, 3.63) is 35.0 Å². The van der Waals surface area contributed by atoms with E-state index in [1.54, 1.807) is 12.1 Å². The van der Waals surface area contributed by atoms with Crippen molar-refractivity contribution >= 4 is 17.3 Å². The lowest BCUT2D eigenvalue weighted by molar-refractivity contribution is -0.124. The lowest BCUT2D eigenvalue weighted by atomic mass is 9.60. The average Bonchev–Trinajstić information content (AvgIpc) is 2.60. The van der Waals surface area contributed by atoms with E-state index in [9.17, 15) is 14.7 Å². The van der Waals surface area contributed by atoms with Crippen LogP contribution in [0.2, 0.25) is 0 Å². The molecule has 1 aromatic rings. The van der Waals surface area contributed by atoms with E-state index in [1.807, 2.05) is 13.0 Å². The summed E-state index contributed by atoms with van der Waals surface area (Å²) in [5.74, 6) is -0.108. The second kappa shape index (κ2) is 7.07. The summed E-state index contributed by atoms with van der Waals surface area (Å²) in [5.41, 5.74) is 2.98. The predicted octanol–water partition coefficient (Wildman–Crippen LogP) is 4.98. The molecule has 30 heavy (non-hydrogen) atoms. The van der Waals surface area contributed by atoms with Gasteiger partial charge >= 0.3 is 0 Å². The number of carbonyl (C=O) groups excluding carboxylic acids is 2. The maximum absolute atomic E-state index is 13.3. The molecule has 5 heteroatoms. The lowest BCUT2D eigenvalue weighted by Crippen LogP contribution is -2.45. The van der Waals surface area contributed by atoms with Gasteiger partial charge in [0, 0.05) is 35.7 Å². The molecule has 1 aliphatic heterocycles. The third-order valence-corrected chi connectivity index (χ3v) is 6.48. The number of nitrogens with zero attached hydrogens (tertiary/aromatic N) is 1. The normalized spacial score (nSPS) is 27.3. The predicted molar refractivity (Wildman–Crippen MR) is 116 cm³/mol. The first-order chi connectivity index (χ1) is 14.0. The van der Waals surface area contributed by atoms with Crippen LogP contribution < -0.4 is 4.74 Å². The summed E-state index contributed by atoms with van der Waals surface area (Å²) in [6.07, 6.45) is 2.41. The summed E-state index contributed by atoms with van der Waals surface area (Å²) in [5, 5.41) is 10.2. The largest absolute Gasteiger partial charge is 0.504 e. The van der Waals surface area contributed by atoms with Crippen molar-refractivity contribution in [1.29, 1.82) is 0 Å². The molecular weight excluding hydrogens is 378 g/mol. The van der Waals surface area contributed by atoms with Crippen molar-refractivity contribution < 1.29 is 19.4 Å². The number of phenolic OH excluding ortho intramolecular Hbond substituents is 1. The van der Waals surface area contributed by atoms with E-state index < -0.39 is 5.92 Å². The molecular formula is C25H31NO4. The molecule has 1 N–H and O–H groups in total. The number of carbonyl (C=O) groups is 2. The van der Waals surface area contributed by atoms with Gasteiger partial charge in [-0.05, 0) is 48.3 Å². The van der Waals surface area contributed by atoms with Crippen LogP contribution in [-0.4, -0.2) is 29.0 Å². The third-order valence-electron chi connectivity index (χ3n) is 6.48. The van der Waals surface area contributed by atoms with Crippen molar-refractivity contribution in [3.8, 4) is 11.5 Å². The minimum absolute atomic E-state index is 0.0618. The Hall–Kier alpha value is -2.43. The van der Waals surface area contributed by atoms with Crippen LogP contribution in [0.3, 0.4) is 0 Å². The molecule has 0 aromatic heterocycles. The Bertz CT molecular complexity index is 983. The number of benzene rings is 1. The van der Waals surface area contributed by atoms with Crippen LogP contribution in [0.1, 0.15) is 71.8 Å². The maximum atomic E-state index is 13.3. The highest BCUT2D eigenvalue weighted by Crippen LogP contribution is 2.52. The monoisotopic (exact) mass is 409 g/mol. The van der Waals surface area contributed by atoms with E-state index in [0.717, 1.165) is 29.8 Å². The fourth-order valence-corrected chi connectivity index (χ4v) is 5.37. The lowest BCUT2D eigenvalue weighted by Gasteiger charge is -2.44. The van der Waals surface area contributed by atoms with Crippen molar-refractivity contribution in [3.63, 3.8) is 0 Å². The van der Waals surface area contributed by atoms with Crippen molar-refractivity contribution in [1.82, 2.24) is 0 Å². The molecule has 0 amide bonds. The van der Waals surface area contributed by atoms with E-state index in [4.69, 9.17) is 9.73 Å². The summed E-state index contributed by atoms with van der Waals surface area (Å²) < 4.78 is 5.59. The molecule has 2 aliphatic carbocycles. The van der Waals surface area contributed by atoms with E-state index in [2.05, 4.69) is 27.7 Å². The molecule has 0 saturated heterocycles. The molecule has 160 valence electrons. The Morgan fingerprint density at radius 3 is 2.43 bits per heavy atom. The second-order valence-corrected chi connectivity index (χ2v) is 10.5. The SMILES string of the molecule is CCOc1cc([C@H]2C3=C(CC(C)(C)CC3=O)N=C3CC(C)(C)CC(=O)C32)ccc1O. The molecule has 4 rings (SSSR count). The molecule has 1 heterocycles. The van der Waals surface area contributed by atoms with Gasteiger partial charge in [0.15, 0.2) is 17.3 Å². The number of hydrogen-bond acceptors (Lipinski definition) is 5. The first-order valence-corrected chi connectivity index (χ1v) is 10.8. The smallest absolute Gasteiger partial charge is 0.161 e. The number of ketones is 2. The molecule has 5 nitrogen and oxygen atoms in total. The molecule has 0 radical (unpaired) electrons. The van der Waals surface area contributed by atoms with Gasteiger partial charge in [0.25, 0.3) is 0 Å². The topological polar surface area (TPSA) is 76.0 Å². The zero-order chi connectivity index (χ0) is 21.8. The Balaban J connectivity index is 1.90. The quantitative estimate of drug-likeness (QED) is 0.764. The molecule has 0 spiro atoms. The molecule has 2 atom stereocenters. The number of Topliss-reactive ketones (excluding diaryl/α,β-unsaturated/α-hetero) is 2. The van der Waals surface area contributed by atoms with Crippen molar-refractivity contribution in [2.75, 3.05) is 6.61 Å². The van der Waals surface area contributed by atoms with Gasteiger partial charge in [-0.1, -0.05) is 33.8 Å². The highest BCUT2D eigenvalue weighted by atomic mass is 16.5. The van der Waals surface area contributed by atoms with Gasteiger partial charge in [0.05, 0.1) is 12.5 Å². The molecule has 1 aromatic carbocycles. The summed E-state index contributed by atoms with van der Waals surface area (Å²) in [4.78, 5) is 31.6. The minimum atomic E-state index is -0.416. The number of aliphatic imine (C=N–C) groups is 1. The first-order valence-electron chi connectivity index (χ1n) is 10.8. The average molecular weight is 410 g/mol. The highest BCUT2D eigenvalue weighted by molar-refractivity contribution is 6.13. The van der Waals surface area contributed by atoms with E-state index in [0.29, 0.717) is 30.8 Å². The Kier molecular flexibility index (Phi) is 4.91. The van der Waals surface area contributed by atoms with Gasteiger partial charge in [-0.2, -0.15) is 0 Å². The summed E-state index contributed by atoms with van der Waals surface area (Å²) >= 11 is 0. The van der Waals surface area contributed by atoms with Gasteiger partial charge < -0.3 is 9.84 Å². The van der Waals surface area contributed by atoms with Crippen LogP contribution in [0.15, 0.2) is 34.5 Å². The summed E-state index contributed by atoms with van der Waals surface area (Å²) in [6.45, 7) is 10.7. The fraction of sp³-hybridized carbons (Fsp3) is 0.560. The molecule has 1 fully saturated rings. The van der Waals surface area contributed by atoms with E-state index in [-0.39, 0.29) is 34.1 Å². The number of rotatable bonds is 3. The third kappa shape index (κ3) is 3.59. The van der Waals surface area contributed by atoms with Gasteiger partial charge in [0.1, 0.15) is 5.78 Å². The highest BCUT2D eigenvalue weighted by Gasteiger charge is 2.49. The van der Waals surface area contributed by atoms with Gasteiger partial charge in [-0.15, -0.1) is 0 Å². The first kappa shape index (κ1) is 20.8. The number of ether oxygens (including phenoxy) is 1. The summed E-state index contributed by atoms with van der Waals surface area (Å²) in [6, 6.07) is 5.20. The second-order valence-electron chi connectivity index (χ2n) is 10.5. The number of allylic oxidation sites excluding steroid dienone is 2. The van der Waals surface area contributed by atoms with Gasteiger partial charge in [-0.3, -0.25) is 14.6 Å². The van der Waals surface area contributed by atoms with Crippen LogP contribution in [0.25, 0.3) is 0 Å². The number of phenols is 1. The zero-order valence-electron chi connectivity index (χ0n) is 18.5. The number of hydrogen-bond donors (Lipinski definition) is 1. The van der Waals surface area contributed by atoms with Crippen LogP contribution in [0.5, 0.6) is 11.5 Å². The van der Waals surface area contributed by atoms with Crippen molar-refractivity contribution in [2.45, 2.75) is 66.2 Å². The van der Waals surface area contributed by atoms with Gasteiger partial charge in [0.2, 0.25) is 0 Å². The van der Waals surface area contributed by atoms with Crippen LogP contribution in [0, 0.1) is 16.7 Å². The Morgan fingerprint density at radius 1 is 1.03 bits per heavy atom. The Morgan fingerprint density at radius 2 is 1.73 bits per heavy atom. The summed E-state index contributed by atoms with van der Waals surface area (Å²) in [7, 11) is 0. The van der Waals surface area contributed by atoms with Crippen LogP contribution in [-0.2, 0) is 9.59 Å². The fourth-order valence-electron chi connectivity index (χ4n) is 5.37. The van der Waals surface area contributed by atoms with Crippen LogP contribution >= 0.6 is 0 Å². The van der Waals surface area contributed by atoms with Gasteiger partial charge in [-0.25, -0.2) is 0 Å². The number of aromatic hydroxyl groups is 1. The molecule has 0 bridgehead atoms. The van der Waals surface area contributed by atoms with E-state index in [1.165, 1.54) is 0 Å². The van der Waals surface area contributed by atoms with Crippen molar-refractivity contribution in [2.24, 2.45) is 21.7 Å². The molecule has 1 saturated carbocycles. The standard InChI is InChI=1S/C25H31NO4/c1-6-30-20-9-14(7-8-17(20)27)21-22-15(10-24(2,3)12-18(22)28)26-16-11-25(4,5)13-19(29)23(16)21/h7-9,21-22,27H,6,10-13H2,1-5H3/t21-,22?/m1/s1.